The minimum absolute atomic E-state index is 0.695. The molecule has 0 bridgehead atoms. The summed E-state index contributed by atoms with van der Waals surface area (Å²) in [5.41, 5.74) is 0.871. The average molecular weight is 342 g/mol. The van der Waals surface area contributed by atoms with Gasteiger partial charge < -0.3 is 4.90 Å². The van der Waals surface area contributed by atoms with Crippen molar-refractivity contribution in [2.75, 3.05) is 43.5 Å². The van der Waals surface area contributed by atoms with Crippen molar-refractivity contribution in [1.82, 2.24) is 14.3 Å². The molecule has 2 aromatic heterocycles. The Morgan fingerprint density at radius 3 is 2.86 bits per heavy atom. The molecule has 1 saturated heterocycles. The molecule has 2 aromatic rings. The molecule has 1 aliphatic rings. The van der Waals surface area contributed by atoms with Gasteiger partial charge in [0.25, 0.3) is 0 Å². The van der Waals surface area contributed by atoms with Gasteiger partial charge in [-0.3, -0.25) is 9.88 Å². The predicted molar refractivity (Wildman–Crippen MR) is 88.8 cm³/mol. The Balaban J connectivity index is 1.76. The molecule has 0 atom stereocenters. The number of piperazine rings is 1. The molecule has 0 saturated carbocycles. The van der Waals surface area contributed by atoms with E-state index in [2.05, 4.69) is 24.1 Å². The molecule has 3 rings (SSSR count). The van der Waals surface area contributed by atoms with Gasteiger partial charge in [-0.05, 0) is 22.5 Å². The Bertz CT molecular complexity index is 619. The van der Waals surface area contributed by atoms with Crippen LogP contribution in [0.25, 0.3) is 0 Å². The minimum atomic E-state index is 0.695. The van der Waals surface area contributed by atoms with Gasteiger partial charge >= 0.3 is 0 Å². The third kappa shape index (κ3) is 3.79. The van der Waals surface area contributed by atoms with Gasteiger partial charge in [-0.2, -0.15) is 4.37 Å². The Kier molecular flexibility index (Phi) is 5.18. The molecule has 0 radical (unpaired) electrons. The Morgan fingerprint density at radius 2 is 2.14 bits per heavy atom. The molecule has 0 unspecified atom stereocenters. The molecule has 1 aliphatic heterocycles. The van der Waals surface area contributed by atoms with Crippen molar-refractivity contribution in [3.8, 4) is 0 Å². The number of halogens is 1. The summed E-state index contributed by atoms with van der Waals surface area (Å²) in [6, 6.07) is 3.85. The van der Waals surface area contributed by atoms with Crippen LogP contribution in [0.15, 0.2) is 29.5 Å². The highest BCUT2D eigenvalue weighted by Crippen LogP contribution is 2.16. The summed E-state index contributed by atoms with van der Waals surface area (Å²) in [6.07, 6.45) is 3.53. The number of hydrogen-bond donors (Lipinski definition) is 0. The quantitative estimate of drug-likeness (QED) is 0.631. The summed E-state index contributed by atoms with van der Waals surface area (Å²) in [5, 5.41) is 0. The van der Waals surface area contributed by atoms with Crippen molar-refractivity contribution in [3.63, 3.8) is 0 Å². The van der Waals surface area contributed by atoms with Gasteiger partial charge in [-0.1, -0.05) is 0 Å². The van der Waals surface area contributed by atoms with Gasteiger partial charge in [0.2, 0.25) is 0 Å². The van der Waals surface area contributed by atoms with Crippen LogP contribution in [0.4, 0.5) is 11.5 Å². The average Bonchev–Trinajstić information content (AvgIpc) is 2.98. The lowest BCUT2D eigenvalue weighted by Gasteiger charge is -2.34. The molecule has 8 heteroatoms. The fourth-order valence-electron chi connectivity index (χ4n) is 2.27. The van der Waals surface area contributed by atoms with E-state index in [1.54, 1.807) is 22.7 Å². The SMILES string of the molecule is ClCCN1CCN(c2nssc2=Nc2cccnc2)CC1. The van der Waals surface area contributed by atoms with Crippen LogP contribution >= 0.6 is 32.5 Å². The third-order valence-corrected chi connectivity index (χ3v) is 5.22. The number of pyridine rings is 1. The molecular weight excluding hydrogens is 326 g/mol. The summed E-state index contributed by atoms with van der Waals surface area (Å²) < 4.78 is 5.51. The second-order valence-electron chi connectivity index (χ2n) is 4.72. The van der Waals surface area contributed by atoms with Crippen LogP contribution in [-0.4, -0.2) is 52.9 Å². The first-order valence-electron chi connectivity index (χ1n) is 6.81. The highest BCUT2D eigenvalue weighted by molar-refractivity contribution is 7.66. The monoisotopic (exact) mass is 341 g/mol. The summed E-state index contributed by atoms with van der Waals surface area (Å²) in [7, 11) is 3.10. The lowest BCUT2D eigenvalue weighted by Crippen LogP contribution is -2.48. The van der Waals surface area contributed by atoms with Crippen molar-refractivity contribution in [1.29, 1.82) is 0 Å². The molecule has 0 N–H and O–H groups in total. The molecule has 3 heterocycles. The lowest BCUT2D eigenvalue weighted by atomic mass is 10.3. The highest BCUT2D eigenvalue weighted by Gasteiger charge is 2.19. The van der Waals surface area contributed by atoms with Gasteiger partial charge in [-0.25, -0.2) is 4.99 Å². The molecular formula is C13H16ClN5S2. The van der Waals surface area contributed by atoms with E-state index in [0.717, 1.165) is 48.9 Å². The Labute approximate surface area is 136 Å². The van der Waals surface area contributed by atoms with Gasteiger partial charge in [0.05, 0.1) is 11.9 Å². The predicted octanol–water partition coefficient (Wildman–Crippen LogP) is 2.19. The first kappa shape index (κ1) is 14.9. The second kappa shape index (κ2) is 7.31. The van der Waals surface area contributed by atoms with E-state index in [4.69, 9.17) is 11.6 Å². The van der Waals surface area contributed by atoms with E-state index >= 15 is 0 Å². The van der Waals surface area contributed by atoms with E-state index in [0.29, 0.717) is 5.88 Å². The van der Waals surface area contributed by atoms with Gasteiger partial charge in [-0.15, -0.1) is 11.6 Å². The molecule has 0 aromatic carbocycles. The van der Waals surface area contributed by atoms with Crippen LogP contribution in [0, 0.1) is 0 Å². The maximum atomic E-state index is 5.80. The number of aromatic nitrogens is 2. The molecule has 0 amide bonds. The highest BCUT2D eigenvalue weighted by atomic mass is 35.5. The van der Waals surface area contributed by atoms with Gasteiger partial charge in [0.1, 0.15) is 0 Å². The van der Waals surface area contributed by atoms with E-state index < -0.39 is 0 Å². The number of rotatable bonds is 4. The molecule has 5 nitrogen and oxygen atoms in total. The fraction of sp³-hybridized carbons (Fsp3) is 0.462. The van der Waals surface area contributed by atoms with Crippen molar-refractivity contribution in [2.24, 2.45) is 4.99 Å². The lowest BCUT2D eigenvalue weighted by molar-refractivity contribution is 0.272. The maximum absolute atomic E-state index is 5.80. The van der Waals surface area contributed by atoms with Crippen molar-refractivity contribution >= 4 is 44.0 Å². The van der Waals surface area contributed by atoms with Crippen LogP contribution < -0.4 is 9.57 Å². The van der Waals surface area contributed by atoms with Crippen LogP contribution in [0.5, 0.6) is 0 Å². The van der Waals surface area contributed by atoms with Crippen LogP contribution in [-0.2, 0) is 0 Å². The van der Waals surface area contributed by atoms with Crippen LogP contribution in [0.1, 0.15) is 0 Å². The van der Waals surface area contributed by atoms with Crippen molar-refractivity contribution in [2.45, 2.75) is 0 Å². The number of hydrogen-bond acceptors (Lipinski definition) is 7. The van der Waals surface area contributed by atoms with Crippen molar-refractivity contribution < 1.29 is 0 Å². The van der Waals surface area contributed by atoms with E-state index in [1.165, 1.54) is 10.5 Å². The Hall–Kier alpha value is -1.02. The van der Waals surface area contributed by atoms with Crippen LogP contribution in [0.3, 0.4) is 0 Å². The van der Waals surface area contributed by atoms with E-state index in [9.17, 15) is 0 Å². The third-order valence-electron chi connectivity index (χ3n) is 3.38. The zero-order valence-electron chi connectivity index (χ0n) is 11.5. The fourth-order valence-corrected chi connectivity index (χ4v) is 4.21. The van der Waals surface area contributed by atoms with Gasteiger partial charge in [0, 0.05) is 55.3 Å². The summed E-state index contributed by atoms with van der Waals surface area (Å²) in [4.78, 5) is 13.5. The minimum Gasteiger partial charge on any atom is -0.351 e. The normalized spacial score (nSPS) is 17.4. The Morgan fingerprint density at radius 1 is 1.29 bits per heavy atom. The second-order valence-corrected chi connectivity index (χ2v) is 6.93. The summed E-state index contributed by atoms with van der Waals surface area (Å²) in [5.74, 6) is 1.69. The molecule has 1 fully saturated rings. The van der Waals surface area contributed by atoms with E-state index in [1.807, 2.05) is 12.1 Å². The zero-order chi connectivity index (χ0) is 14.5. The van der Waals surface area contributed by atoms with Crippen LogP contribution in [0.2, 0.25) is 0 Å². The number of anilines is 1. The van der Waals surface area contributed by atoms with Gasteiger partial charge in [0.15, 0.2) is 10.5 Å². The first-order chi connectivity index (χ1) is 10.4. The van der Waals surface area contributed by atoms with E-state index in [-0.39, 0.29) is 0 Å². The molecule has 21 heavy (non-hydrogen) atoms. The number of nitrogens with zero attached hydrogens (tertiary/aromatic N) is 5. The largest absolute Gasteiger partial charge is 0.351 e. The first-order valence-corrected chi connectivity index (χ1v) is 9.45. The summed E-state index contributed by atoms with van der Waals surface area (Å²) >= 11 is 5.80. The number of alkyl halides is 1. The molecule has 112 valence electrons. The standard InChI is InChI=1S/C13H16ClN5S2/c14-3-5-18-6-8-19(9-7-18)12-13(20-21-17-12)16-11-2-1-4-15-10-11/h1-2,4,10H,3,5-9H2. The molecule has 0 spiro atoms. The zero-order valence-corrected chi connectivity index (χ0v) is 13.9. The summed E-state index contributed by atoms with van der Waals surface area (Å²) in [6.45, 7) is 4.97. The molecule has 0 aliphatic carbocycles. The van der Waals surface area contributed by atoms with Crippen molar-refractivity contribution in [3.05, 3.63) is 29.2 Å². The topological polar surface area (TPSA) is 44.6 Å². The maximum Gasteiger partial charge on any atom is 0.179 e. The smallest absolute Gasteiger partial charge is 0.179 e.